The zero-order valence-corrected chi connectivity index (χ0v) is 15.0. The third kappa shape index (κ3) is 7.13. The minimum atomic E-state index is -4.50. The normalized spacial score (nSPS) is 10.9. The molecule has 154 valence electrons. The topological polar surface area (TPSA) is 123 Å². The summed E-state index contributed by atoms with van der Waals surface area (Å²) in [6, 6.07) is 8.53. The third-order valence-corrected chi connectivity index (χ3v) is 3.46. The molecule has 0 saturated carbocycles. The molecule has 2 rings (SSSR count). The number of benzene rings is 1. The summed E-state index contributed by atoms with van der Waals surface area (Å²) < 4.78 is 40.9. The number of primary amides is 1. The molecule has 0 aliphatic rings. The Labute approximate surface area is 163 Å². The van der Waals surface area contributed by atoms with Gasteiger partial charge in [0.1, 0.15) is 0 Å². The first-order chi connectivity index (χ1) is 13.7. The molecule has 1 aromatic heterocycles. The first-order valence-corrected chi connectivity index (χ1v) is 8.28. The van der Waals surface area contributed by atoms with E-state index in [1.165, 1.54) is 18.2 Å². The quantitative estimate of drug-likeness (QED) is 0.613. The van der Waals surface area contributed by atoms with Crippen LogP contribution in [0, 0.1) is 0 Å². The number of nitrogens with two attached hydrogens (primary N) is 1. The van der Waals surface area contributed by atoms with Gasteiger partial charge in [-0.2, -0.15) is 13.2 Å². The number of nitrogens with one attached hydrogen (secondary N) is 2. The van der Waals surface area contributed by atoms with Gasteiger partial charge in [0.2, 0.25) is 11.8 Å². The molecular formula is C18H17F3N4O4. The van der Waals surface area contributed by atoms with Crippen molar-refractivity contribution in [3.8, 4) is 5.88 Å². The van der Waals surface area contributed by atoms with Gasteiger partial charge in [-0.15, -0.1) is 0 Å². The largest absolute Gasteiger partial charge is 0.468 e. The average molecular weight is 410 g/mol. The minimum absolute atomic E-state index is 0.0330. The second-order valence-electron chi connectivity index (χ2n) is 5.76. The van der Waals surface area contributed by atoms with Crippen LogP contribution in [-0.4, -0.2) is 42.0 Å². The summed E-state index contributed by atoms with van der Waals surface area (Å²) in [5.74, 6) is -2.00. The maximum Gasteiger partial charge on any atom is 0.422 e. The molecular weight excluding hydrogens is 393 g/mol. The first-order valence-electron chi connectivity index (χ1n) is 8.28. The van der Waals surface area contributed by atoms with E-state index in [2.05, 4.69) is 20.4 Å². The highest BCUT2D eigenvalue weighted by atomic mass is 19.4. The van der Waals surface area contributed by atoms with Crippen molar-refractivity contribution in [1.29, 1.82) is 0 Å². The van der Waals surface area contributed by atoms with Crippen LogP contribution in [0.1, 0.15) is 27.1 Å². The van der Waals surface area contributed by atoms with Crippen molar-refractivity contribution < 1.29 is 32.3 Å². The standard InChI is InChI=1S/C18H17F3N4O4/c19-18(20,21)10-29-15-6-5-11(9-24-15)16(27)25-13-4-2-1-3-12(13)17(28)23-8-7-14(22)26/h1-6,9H,7-8,10H2,(H2,22,26)(H,23,28)(H,25,27). The number of ether oxygens (including phenoxy) is 1. The van der Waals surface area contributed by atoms with Crippen molar-refractivity contribution in [2.24, 2.45) is 5.73 Å². The van der Waals surface area contributed by atoms with E-state index >= 15 is 0 Å². The van der Waals surface area contributed by atoms with Crippen molar-refractivity contribution in [2.75, 3.05) is 18.5 Å². The number of carbonyl (C=O) groups is 3. The van der Waals surface area contributed by atoms with Crippen LogP contribution in [0.15, 0.2) is 42.6 Å². The summed E-state index contributed by atoms with van der Waals surface area (Å²) >= 11 is 0. The van der Waals surface area contributed by atoms with E-state index in [9.17, 15) is 27.6 Å². The molecule has 8 nitrogen and oxygen atoms in total. The van der Waals surface area contributed by atoms with E-state index in [1.807, 2.05) is 0 Å². The zero-order valence-electron chi connectivity index (χ0n) is 15.0. The zero-order chi connectivity index (χ0) is 21.4. The molecule has 4 N–H and O–H groups in total. The maximum atomic E-state index is 12.4. The molecule has 0 unspecified atom stereocenters. The van der Waals surface area contributed by atoms with Gasteiger partial charge in [-0.1, -0.05) is 12.1 Å². The van der Waals surface area contributed by atoms with E-state index in [0.717, 1.165) is 12.3 Å². The van der Waals surface area contributed by atoms with Crippen molar-refractivity contribution in [3.63, 3.8) is 0 Å². The molecule has 0 aliphatic heterocycles. The van der Waals surface area contributed by atoms with Crippen LogP contribution in [0.5, 0.6) is 5.88 Å². The van der Waals surface area contributed by atoms with Crippen LogP contribution >= 0.6 is 0 Å². The number of alkyl halides is 3. The minimum Gasteiger partial charge on any atom is -0.468 e. The molecule has 1 aromatic carbocycles. The van der Waals surface area contributed by atoms with E-state index < -0.39 is 30.5 Å². The van der Waals surface area contributed by atoms with Crippen LogP contribution < -0.4 is 21.1 Å². The monoisotopic (exact) mass is 410 g/mol. The lowest BCUT2D eigenvalue weighted by atomic mass is 10.1. The van der Waals surface area contributed by atoms with Crippen LogP contribution in [0.2, 0.25) is 0 Å². The van der Waals surface area contributed by atoms with Gasteiger partial charge in [-0.05, 0) is 18.2 Å². The number of hydrogen-bond donors (Lipinski definition) is 3. The predicted octanol–water partition coefficient (Wildman–Crippen LogP) is 1.88. The van der Waals surface area contributed by atoms with Crippen molar-refractivity contribution in [1.82, 2.24) is 10.3 Å². The smallest absolute Gasteiger partial charge is 0.422 e. The molecule has 2 aromatic rings. The lowest BCUT2D eigenvalue weighted by molar-refractivity contribution is -0.154. The number of pyridine rings is 1. The average Bonchev–Trinajstić information content (AvgIpc) is 2.66. The number of hydrogen-bond acceptors (Lipinski definition) is 5. The van der Waals surface area contributed by atoms with Gasteiger partial charge >= 0.3 is 6.18 Å². The van der Waals surface area contributed by atoms with Gasteiger partial charge < -0.3 is 21.1 Å². The number of halogens is 3. The number of carbonyl (C=O) groups excluding carboxylic acids is 3. The Morgan fingerprint density at radius 2 is 1.79 bits per heavy atom. The van der Waals surface area contributed by atoms with Gasteiger partial charge in [-0.3, -0.25) is 14.4 Å². The van der Waals surface area contributed by atoms with Gasteiger partial charge in [0.05, 0.1) is 16.8 Å². The van der Waals surface area contributed by atoms with Gasteiger partial charge in [0.25, 0.3) is 11.8 Å². The van der Waals surface area contributed by atoms with Crippen LogP contribution in [-0.2, 0) is 4.79 Å². The van der Waals surface area contributed by atoms with Gasteiger partial charge in [0.15, 0.2) is 6.61 Å². The van der Waals surface area contributed by atoms with Crippen molar-refractivity contribution in [2.45, 2.75) is 12.6 Å². The molecule has 29 heavy (non-hydrogen) atoms. The molecule has 0 atom stereocenters. The molecule has 0 spiro atoms. The highest BCUT2D eigenvalue weighted by molar-refractivity contribution is 6.08. The first kappa shape index (κ1) is 21.7. The number of para-hydroxylation sites is 1. The van der Waals surface area contributed by atoms with E-state index in [-0.39, 0.29) is 35.7 Å². The lowest BCUT2D eigenvalue weighted by Gasteiger charge is -2.12. The Bertz CT molecular complexity index is 885. The second kappa shape index (κ2) is 9.53. The summed E-state index contributed by atoms with van der Waals surface area (Å²) in [7, 11) is 0. The molecule has 0 aliphatic carbocycles. The van der Waals surface area contributed by atoms with E-state index in [0.29, 0.717) is 0 Å². The highest BCUT2D eigenvalue weighted by Crippen LogP contribution is 2.19. The number of aromatic nitrogens is 1. The number of rotatable bonds is 8. The van der Waals surface area contributed by atoms with Gasteiger partial charge in [-0.25, -0.2) is 4.98 Å². The Morgan fingerprint density at radius 1 is 1.07 bits per heavy atom. The summed E-state index contributed by atoms with van der Waals surface area (Å²) in [4.78, 5) is 39.0. The summed E-state index contributed by atoms with van der Waals surface area (Å²) in [6.07, 6.45) is -3.48. The fraction of sp³-hybridized carbons (Fsp3) is 0.222. The molecule has 0 saturated heterocycles. The summed E-state index contributed by atoms with van der Waals surface area (Å²) in [5, 5.41) is 5.04. The molecule has 1 heterocycles. The Hall–Kier alpha value is -3.63. The van der Waals surface area contributed by atoms with E-state index in [4.69, 9.17) is 5.73 Å². The number of amides is 3. The number of nitrogens with zero attached hydrogens (tertiary/aromatic N) is 1. The van der Waals surface area contributed by atoms with Crippen LogP contribution in [0.25, 0.3) is 0 Å². The number of anilines is 1. The lowest BCUT2D eigenvalue weighted by Crippen LogP contribution is -2.28. The molecule has 0 bridgehead atoms. The Kier molecular flexibility index (Phi) is 7.12. The molecule has 0 radical (unpaired) electrons. The predicted molar refractivity (Wildman–Crippen MR) is 96.3 cm³/mol. The maximum absolute atomic E-state index is 12.4. The fourth-order valence-corrected chi connectivity index (χ4v) is 2.13. The second-order valence-corrected chi connectivity index (χ2v) is 5.76. The Morgan fingerprint density at radius 3 is 2.41 bits per heavy atom. The SMILES string of the molecule is NC(=O)CCNC(=O)c1ccccc1NC(=O)c1ccc(OCC(F)(F)F)nc1. The van der Waals surface area contributed by atoms with Crippen LogP contribution in [0.3, 0.4) is 0 Å². The summed E-state index contributed by atoms with van der Waals surface area (Å²) in [6.45, 7) is -1.45. The third-order valence-electron chi connectivity index (χ3n) is 3.46. The van der Waals surface area contributed by atoms with Gasteiger partial charge in [0, 0.05) is 25.2 Å². The summed E-state index contributed by atoms with van der Waals surface area (Å²) in [5.41, 5.74) is 5.42. The molecule has 3 amide bonds. The fourth-order valence-electron chi connectivity index (χ4n) is 2.13. The molecule has 0 fully saturated rings. The highest BCUT2D eigenvalue weighted by Gasteiger charge is 2.28. The van der Waals surface area contributed by atoms with E-state index in [1.54, 1.807) is 12.1 Å². The van der Waals surface area contributed by atoms with Crippen molar-refractivity contribution in [3.05, 3.63) is 53.7 Å². The molecule has 11 heteroatoms. The van der Waals surface area contributed by atoms with Crippen LogP contribution in [0.4, 0.5) is 18.9 Å². The Balaban J connectivity index is 2.03. The van der Waals surface area contributed by atoms with Crippen molar-refractivity contribution >= 4 is 23.4 Å².